The summed E-state index contributed by atoms with van der Waals surface area (Å²) in [4.78, 5) is 7.14. The van der Waals surface area contributed by atoms with E-state index >= 15 is 0 Å². The highest BCUT2D eigenvalue weighted by Gasteiger charge is 2.10. The van der Waals surface area contributed by atoms with Gasteiger partial charge in [-0.05, 0) is 13.0 Å². The van der Waals surface area contributed by atoms with Gasteiger partial charge in [-0.2, -0.15) is 0 Å². The second-order valence-corrected chi connectivity index (χ2v) is 4.20. The maximum absolute atomic E-state index is 13.6. The minimum Gasteiger partial charge on any atom is -0.347 e. The van der Waals surface area contributed by atoms with Crippen molar-refractivity contribution in [3.63, 3.8) is 0 Å². The molecule has 0 saturated carbocycles. The van der Waals surface area contributed by atoms with E-state index in [9.17, 15) is 4.39 Å². The van der Waals surface area contributed by atoms with E-state index in [-0.39, 0.29) is 16.9 Å². The maximum Gasteiger partial charge on any atom is 0.146 e. The topological polar surface area (TPSA) is 40.7 Å². The first-order chi connectivity index (χ1) is 8.18. The summed E-state index contributed by atoms with van der Waals surface area (Å²) in [5.74, 6) is 0.459. The van der Waals surface area contributed by atoms with Crippen molar-refractivity contribution >= 4 is 11.6 Å². The smallest absolute Gasteiger partial charge is 0.146 e. The average molecular weight is 254 g/mol. The number of nitrogens with one attached hydrogen (secondary N) is 2. The van der Waals surface area contributed by atoms with Gasteiger partial charge in [0.05, 0.1) is 11.1 Å². The number of benzene rings is 1. The standard InChI is InChI=1S/C12H13ClFN3/c1-8(12-15-5-6-16-12)17-7-9-3-2-4-10(13)11(9)14/h2-6,8,17H,7H2,1H3,(H,15,16). The lowest BCUT2D eigenvalue weighted by Crippen LogP contribution is -2.19. The van der Waals surface area contributed by atoms with Crippen molar-refractivity contribution in [3.8, 4) is 0 Å². The molecule has 1 aromatic heterocycles. The molecule has 1 unspecified atom stereocenters. The predicted molar refractivity (Wildman–Crippen MR) is 65.3 cm³/mol. The first-order valence-corrected chi connectivity index (χ1v) is 5.72. The van der Waals surface area contributed by atoms with Gasteiger partial charge in [0, 0.05) is 24.5 Å². The highest BCUT2D eigenvalue weighted by Crippen LogP contribution is 2.18. The zero-order chi connectivity index (χ0) is 12.3. The van der Waals surface area contributed by atoms with Gasteiger partial charge in [-0.25, -0.2) is 9.37 Å². The van der Waals surface area contributed by atoms with Crippen LogP contribution in [-0.4, -0.2) is 9.97 Å². The summed E-state index contributed by atoms with van der Waals surface area (Å²) in [6, 6.07) is 5.02. The third-order valence-electron chi connectivity index (χ3n) is 2.56. The van der Waals surface area contributed by atoms with Gasteiger partial charge in [-0.1, -0.05) is 23.7 Å². The Morgan fingerprint density at radius 3 is 3.06 bits per heavy atom. The summed E-state index contributed by atoms with van der Waals surface area (Å²) in [6.07, 6.45) is 3.45. The lowest BCUT2D eigenvalue weighted by atomic mass is 10.2. The molecule has 1 heterocycles. The SMILES string of the molecule is CC(NCc1cccc(Cl)c1F)c1ncc[nH]1. The molecule has 5 heteroatoms. The van der Waals surface area contributed by atoms with E-state index in [1.54, 1.807) is 24.5 Å². The summed E-state index contributed by atoms with van der Waals surface area (Å²) in [6.45, 7) is 2.37. The summed E-state index contributed by atoms with van der Waals surface area (Å²) < 4.78 is 13.6. The van der Waals surface area contributed by atoms with Crippen LogP contribution in [0, 0.1) is 5.82 Å². The molecule has 0 aliphatic rings. The molecule has 3 nitrogen and oxygen atoms in total. The van der Waals surface area contributed by atoms with Crippen molar-refractivity contribution in [2.24, 2.45) is 0 Å². The molecule has 0 fully saturated rings. The van der Waals surface area contributed by atoms with Crippen molar-refractivity contribution < 1.29 is 4.39 Å². The Labute approximate surface area is 104 Å². The van der Waals surface area contributed by atoms with Crippen LogP contribution in [0.2, 0.25) is 5.02 Å². The highest BCUT2D eigenvalue weighted by atomic mass is 35.5. The molecule has 0 spiro atoms. The Morgan fingerprint density at radius 1 is 1.53 bits per heavy atom. The largest absolute Gasteiger partial charge is 0.347 e. The number of aromatic nitrogens is 2. The molecule has 0 radical (unpaired) electrons. The van der Waals surface area contributed by atoms with Gasteiger partial charge < -0.3 is 10.3 Å². The van der Waals surface area contributed by atoms with E-state index in [0.29, 0.717) is 12.1 Å². The van der Waals surface area contributed by atoms with E-state index in [4.69, 9.17) is 11.6 Å². The van der Waals surface area contributed by atoms with Crippen LogP contribution in [-0.2, 0) is 6.54 Å². The van der Waals surface area contributed by atoms with Crippen molar-refractivity contribution in [2.45, 2.75) is 19.5 Å². The quantitative estimate of drug-likeness (QED) is 0.879. The van der Waals surface area contributed by atoms with Gasteiger partial charge in [0.2, 0.25) is 0 Å². The van der Waals surface area contributed by atoms with Crippen LogP contribution in [0.5, 0.6) is 0 Å². The van der Waals surface area contributed by atoms with Crippen LogP contribution in [0.1, 0.15) is 24.4 Å². The van der Waals surface area contributed by atoms with Crippen molar-refractivity contribution in [1.29, 1.82) is 0 Å². The van der Waals surface area contributed by atoms with Gasteiger partial charge >= 0.3 is 0 Å². The number of aromatic amines is 1. The fraction of sp³-hybridized carbons (Fsp3) is 0.250. The Kier molecular flexibility index (Phi) is 3.76. The molecule has 17 heavy (non-hydrogen) atoms. The number of imidazole rings is 1. The van der Waals surface area contributed by atoms with Gasteiger partial charge in [-0.3, -0.25) is 0 Å². The van der Waals surface area contributed by atoms with Crippen LogP contribution in [0.25, 0.3) is 0 Å². The molecule has 2 rings (SSSR count). The number of H-pyrrole nitrogens is 1. The molecule has 2 N–H and O–H groups in total. The summed E-state index contributed by atoms with van der Waals surface area (Å²) in [5, 5.41) is 3.33. The Bertz CT molecular complexity index is 485. The summed E-state index contributed by atoms with van der Waals surface area (Å²) >= 11 is 5.71. The molecule has 2 aromatic rings. The van der Waals surface area contributed by atoms with Gasteiger partial charge in [0.25, 0.3) is 0 Å². The average Bonchev–Trinajstić information content (AvgIpc) is 2.84. The number of hydrogen-bond donors (Lipinski definition) is 2. The lowest BCUT2D eigenvalue weighted by molar-refractivity contribution is 0.529. The first kappa shape index (κ1) is 12.1. The highest BCUT2D eigenvalue weighted by molar-refractivity contribution is 6.30. The maximum atomic E-state index is 13.6. The van der Waals surface area contributed by atoms with Crippen molar-refractivity contribution in [1.82, 2.24) is 15.3 Å². The minimum atomic E-state index is -0.367. The first-order valence-electron chi connectivity index (χ1n) is 5.34. The fourth-order valence-electron chi connectivity index (χ4n) is 1.56. The Morgan fingerprint density at radius 2 is 2.35 bits per heavy atom. The zero-order valence-electron chi connectivity index (χ0n) is 9.37. The number of halogens is 2. The molecule has 0 saturated heterocycles. The van der Waals surface area contributed by atoms with E-state index < -0.39 is 0 Å². The van der Waals surface area contributed by atoms with E-state index in [1.807, 2.05) is 6.92 Å². The lowest BCUT2D eigenvalue weighted by Gasteiger charge is -2.12. The molecule has 0 aliphatic heterocycles. The summed E-state index contributed by atoms with van der Waals surface area (Å²) in [5.41, 5.74) is 0.552. The third-order valence-corrected chi connectivity index (χ3v) is 2.85. The van der Waals surface area contributed by atoms with Gasteiger partial charge in [0.1, 0.15) is 11.6 Å². The van der Waals surface area contributed by atoms with Gasteiger partial charge in [0.15, 0.2) is 0 Å². The third kappa shape index (κ3) is 2.84. The summed E-state index contributed by atoms with van der Waals surface area (Å²) in [7, 11) is 0. The molecular formula is C12H13ClFN3. The van der Waals surface area contributed by atoms with Gasteiger partial charge in [-0.15, -0.1) is 0 Å². The molecule has 1 atom stereocenters. The number of rotatable bonds is 4. The molecule has 90 valence electrons. The zero-order valence-corrected chi connectivity index (χ0v) is 10.1. The normalized spacial score (nSPS) is 12.6. The minimum absolute atomic E-state index is 0.0309. The number of hydrogen-bond acceptors (Lipinski definition) is 2. The second kappa shape index (κ2) is 5.29. The van der Waals surface area contributed by atoms with Crippen LogP contribution < -0.4 is 5.32 Å². The number of nitrogens with zero attached hydrogens (tertiary/aromatic N) is 1. The van der Waals surface area contributed by atoms with Crippen molar-refractivity contribution in [2.75, 3.05) is 0 Å². The monoisotopic (exact) mass is 253 g/mol. The van der Waals surface area contributed by atoms with E-state index in [2.05, 4.69) is 15.3 Å². The second-order valence-electron chi connectivity index (χ2n) is 3.79. The predicted octanol–water partition coefficient (Wildman–Crippen LogP) is 3.05. The van der Waals surface area contributed by atoms with E-state index in [0.717, 1.165) is 5.82 Å². The van der Waals surface area contributed by atoms with Crippen LogP contribution >= 0.6 is 11.6 Å². The molecule has 1 aromatic carbocycles. The molecule has 0 bridgehead atoms. The van der Waals surface area contributed by atoms with E-state index in [1.165, 1.54) is 6.07 Å². The van der Waals surface area contributed by atoms with Crippen molar-refractivity contribution in [3.05, 3.63) is 52.8 Å². The Hall–Kier alpha value is -1.39. The molecule has 0 aliphatic carbocycles. The van der Waals surface area contributed by atoms with Crippen LogP contribution in [0.3, 0.4) is 0 Å². The molecule has 0 amide bonds. The van der Waals surface area contributed by atoms with Crippen LogP contribution in [0.15, 0.2) is 30.6 Å². The van der Waals surface area contributed by atoms with Crippen LogP contribution in [0.4, 0.5) is 4.39 Å². The fourth-order valence-corrected chi connectivity index (χ4v) is 1.75. The molecular weight excluding hydrogens is 241 g/mol. The Balaban J connectivity index is 2.00.